The molecule has 0 unspecified atom stereocenters. The molecule has 7 heteroatoms. The molecule has 0 aliphatic heterocycles. The number of rotatable bonds is 5. The summed E-state index contributed by atoms with van der Waals surface area (Å²) in [6.07, 6.45) is 3.46. The van der Waals surface area contributed by atoms with Crippen LogP contribution in [-0.4, -0.2) is 27.6 Å². The van der Waals surface area contributed by atoms with Crippen molar-refractivity contribution in [2.45, 2.75) is 36.1 Å². The molecule has 2 rings (SSSR count). The molecule has 1 aliphatic rings. The Labute approximate surface area is 124 Å². The molecule has 0 atom stereocenters. The quantitative estimate of drug-likeness (QED) is 0.868. The van der Waals surface area contributed by atoms with Gasteiger partial charge < -0.3 is 10.5 Å². The summed E-state index contributed by atoms with van der Waals surface area (Å²) in [4.78, 5) is 0.0261. The summed E-state index contributed by atoms with van der Waals surface area (Å²) < 4.78 is 32.9. The third kappa shape index (κ3) is 3.09. The van der Waals surface area contributed by atoms with Gasteiger partial charge in [-0.3, -0.25) is 0 Å². The Morgan fingerprint density at radius 1 is 1.40 bits per heavy atom. The molecule has 0 spiro atoms. The summed E-state index contributed by atoms with van der Waals surface area (Å²) in [6, 6.07) is 4.55. The first kappa shape index (κ1) is 15.6. The summed E-state index contributed by atoms with van der Waals surface area (Å²) in [7, 11) is -2.24. The van der Waals surface area contributed by atoms with Crippen LogP contribution in [0.4, 0.5) is 0 Å². The lowest BCUT2D eigenvalue weighted by Gasteiger charge is -2.28. The van der Waals surface area contributed by atoms with E-state index in [9.17, 15) is 8.42 Å². The summed E-state index contributed by atoms with van der Waals surface area (Å²) in [5, 5.41) is 0.170. The number of ether oxygens (including phenoxy) is 1. The number of sulfonamides is 1. The third-order valence-corrected chi connectivity index (χ3v) is 5.79. The molecule has 1 aliphatic carbocycles. The van der Waals surface area contributed by atoms with Crippen molar-refractivity contribution in [1.82, 2.24) is 4.72 Å². The van der Waals surface area contributed by atoms with Crippen molar-refractivity contribution in [2.24, 2.45) is 5.73 Å². The van der Waals surface area contributed by atoms with Crippen LogP contribution in [-0.2, 0) is 10.0 Å². The second-order valence-corrected chi connectivity index (χ2v) is 7.15. The van der Waals surface area contributed by atoms with Gasteiger partial charge in [0.2, 0.25) is 10.0 Å². The molecule has 1 aromatic carbocycles. The largest absolute Gasteiger partial charge is 0.497 e. The SMILES string of the molecule is COc1ccc(Cl)c(S(=O)(=O)NC2(CN)CCCC2)c1. The van der Waals surface area contributed by atoms with Crippen molar-refractivity contribution < 1.29 is 13.2 Å². The van der Waals surface area contributed by atoms with Gasteiger partial charge in [-0.05, 0) is 25.0 Å². The van der Waals surface area contributed by atoms with Crippen molar-refractivity contribution in [1.29, 1.82) is 0 Å². The van der Waals surface area contributed by atoms with E-state index in [2.05, 4.69) is 4.72 Å². The van der Waals surface area contributed by atoms with Crippen molar-refractivity contribution in [3.05, 3.63) is 23.2 Å². The number of methoxy groups -OCH3 is 1. The minimum atomic E-state index is -3.72. The van der Waals surface area contributed by atoms with Crippen molar-refractivity contribution >= 4 is 21.6 Å². The van der Waals surface area contributed by atoms with Crippen LogP contribution in [0.3, 0.4) is 0 Å². The van der Waals surface area contributed by atoms with E-state index < -0.39 is 15.6 Å². The molecule has 0 amide bonds. The van der Waals surface area contributed by atoms with Gasteiger partial charge in [0.25, 0.3) is 0 Å². The summed E-state index contributed by atoms with van der Waals surface area (Å²) in [6.45, 7) is 0.286. The van der Waals surface area contributed by atoms with E-state index in [0.29, 0.717) is 5.75 Å². The Bertz CT molecular complexity index is 583. The number of nitrogens with two attached hydrogens (primary N) is 1. The Hall–Kier alpha value is -0.820. The number of halogens is 1. The maximum absolute atomic E-state index is 12.5. The Kier molecular flexibility index (Phi) is 4.59. The molecule has 1 saturated carbocycles. The van der Waals surface area contributed by atoms with Crippen LogP contribution < -0.4 is 15.2 Å². The van der Waals surface area contributed by atoms with Gasteiger partial charge in [0.05, 0.1) is 12.1 Å². The highest BCUT2D eigenvalue weighted by atomic mass is 35.5. The van der Waals surface area contributed by atoms with Crippen LogP contribution >= 0.6 is 11.6 Å². The topological polar surface area (TPSA) is 81.4 Å². The molecule has 1 fully saturated rings. The lowest BCUT2D eigenvalue weighted by atomic mass is 10.0. The van der Waals surface area contributed by atoms with Gasteiger partial charge in [0.1, 0.15) is 10.6 Å². The summed E-state index contributed by atoms with van der Waals surface area (Å²) >= 11 is 6.01. The molecular formula is C13H19ClN2O3S. The fourth-order valence-corrected chi connectivity index (χ4v) is 4.54. The Balaban J connectivity index is 2.35. The minimum absolute atomic E-state index is 0.0261. The van der Waals surface area contributed by atoms with Crippen LogP contribution in [0.5, 0.6) is 5.75 Å². The molecule has 0 saturated heterocycles. The molecule has 0 aromatic heterocycles. The maximum atomic E-state index is 12.5. The van der Waals surface area contributed by atoms with Gasteiger partial charge in [-0.1, -0.05) is 24.4 Å². The van der Waals surface area contributed by atoms with E-state index in [1.807, 2.05) is 0 Å². The molecule has 5 nitrogen and oxygen atoms in total. The van der Waals surface area contributed by atoms with Crippen LogP contribution in [0.15, 0.2) is 23.1 Å². The molecule has 0 bridgehead atoms. The predicted octanol–water partition coefficient (Wildman–Crippen LogP) is 1.90. The van der Waals surface area contributed by atoms with Gasteiger partial charge in [-0.15, -0.1) is 0 Å². The Morgan fingerprint density at radius 2 is 2.05 bits per heavy atom. The third-order valence-electron chi connectivity index (χ3n) is 3.73. The maximum Gasteiger partial charge on any atom is 0.242 e. The van der Waals surface area contributed by atoms with E-state index in [0.717, 1.165) is 25.7 Å². The van der Waals surface area contributed by atoms with E-state index in [1.54, 1.807) is 6.07 Å². The lowest BCUT2D eigenvalue weighted by molar-refractivity contribution is 0.398. The molecule has 112 valence electrons. The van der Waals surface area contributed by atoms with Crippen molar-refractivity contribution in [3.8, 4) is 5.75 Å². The van der Waals surface area contributed by atoms with E-state index >= 15 is 0 Å². The zero-order chi connectivity index (χ0) is 14.8. The van der Waals surface area contributed by atoms with Crippen molar-refractivity contribution in [3.63, 3.8) is 0 Å². The van der Waals surface area contributed by atoms with Crippen LogP contribution in [0.2, 0.25) is 5.02 Å². The van der Waals surface area contributed by atoms with Gasteiger partial charge in [-0.2, -0.15) is 0 Å². The van der Waals surface area contributed by atoms with E-state index in [1.165, 1.54) is 19.2 Å². The van der Waals surface area contributed by atoms with Crippen molar-refractivity contribution in [2.75, 3.05) is 13.7 Å². The number of benzene rings is 1. The predicted molar refractivity (Wildman–Crippen MR) is 78.6 cm³/mol. The van der Waals surface area contributed by atoms with Crippen LogP contribution in [0.25, 0.3) is 0 Å². The first-order valence-corrected chi connectivity index (χ1v) is 8.36. The normalized spacial score (nSPS) is 18.1. The fraction of sp³-hybridized carbons (Fsp3) is 0.538. The first-order valence-electron chi connectivity index (χ1n) is 6.50. The lowest BCUT2D eigenvalue weighted by Crippen LogP contribution is -2.51. The molecule has 20 heavy (non-hydrogen) atoms. The van der Waals surface area contributed by atoms with E-state index in [4.69, 9.17) is 22.1 Å². The monoisotopic (exact) mass is 318 g/mol. The Morgan fingerprint density at radius 3 is 2.60 bits per heavy atom. The van der Waals surface area contributed by atoms with Crippen LogP contribution in [0.1, 0.15) is 25.7 Å². The smallest absolute Gasteiger partial charge is 0.242 e. The molecule has 0 radical (unpaired) electrons. The van der Waals surface area contributed by atoms with Gasteiger partial charge in [0, 0.05) is 18.2 Å². The standard InChI is InChI=1S/C13H19ClN2O3S/c1-19-10-4-5-11(14)12(8-10)20(17,18)16-13(9-15)6-2-3-7-13/h4-5,8,16H,2-3,6-7,9,15H2,1H3. The number of nitrogens with one attached hydrogen (secondary N) is 1. The average Bonchev–Trinajstić information content (AvgIpc) is 2.87. The second kappa shape index (κ2) is 5.89. The zero-order valence-electron chi connectivity index (χ0n) is 11.4. The number of hydrogen-bond acceptors (Lipinski definition) is 4. The molecule has 1 aromatic rings. The minimum Gasteiger partial charge on any atom is -0.497 e. The summed E-state index contributed by atoms with van der Waals surface area (Å²) in [5.41, 5.74) is 5.21. The first-order chi connectivity index (χ1) is 9.42. The van der Waals surface area contributed by atoms with Crippen LogP contribution in [0, 0.1) is 0 Å². The van der Waals surface area contributed by atoms with Gasteiger partial charge >= 0.3 is 0 Å². The highest BCUT2D eigenvalue weighted by Gasteiger charge is 2.37. The van der Waals surface area contributed by atoms with E-state index in [-0.39, 0.29) is 16.5 Å². The highest BCUT2D eigenvalue weighted by molar-refractivity contribution is 7.89. The average molecular weight is 319 g/mol. The molecule has 3 N–H and O–H groups in total. The number of hydrogen-bond donors (Lipinski definition) is 2. The second-order valence-electron chi connectivity index (χ2n) is 5.09. The highest BCUT2D eigenvalue weighted by Crippen LogP contribution is 2.32. The summed E-state index contributed by atoms with van der Waals surface area (Å²) in [5.74, 6) is 0.447. The molecular weight excluding hydrogens is 300 g/mol. The van der Waals surface area contributed by atoms with Gasteiger partial charge in [0.15, 0.2) is 0 Å². The zero-order valence-corrected chi connectivity index (χ0v) is 12.9. The molecule has 0 heterocycles. The fourth-order valence-electron chi connectivity index (χ4n) is 2.56. The van der Waals surface area contributed by atoms with Gasteiger partial charge in [-0.25, -0.2) is 13.1 Å².